The first kappa shape index (κ1) is 19.1. The Morgan fingerprint density at radius 3 is 1.96 bits per heavy atom. The summed E-state index contributed by atoms with van der Waals surface area (Å²) in [5.41, 5.74) is 4.95. The molecule has 0 aliphatic heterocycles. The zero-order valence-corrected chi connectivity index (χ0v) is 16.6. The van der Waals surface area contributed by atoms with Crippen molar-refractivity contribution in [1.82, 2.24) is 4.90 Å². The predicted octanol–water partition coefficient (Wildman–Crippen LogP) is 5.69. The van der Waals surface area contributed by atoms with Gasteiger partial charge in [0.15, 0.2) is 5.11 Å². The molecule has 138 valence electrons. The van der Waals surface area contributed by atoms with Gasteiger partial charge in [0, 0.05) is 18.8 Å². The third-order valence-corrected chi connectivity index (χ3v) is 4.99. The van der Waals surface area contributed by atoms with E-state index >= 15 is 0 Å². The molecular weight excluding hydrogens is 348 g/mol. The monoisotopic (exact) mass is 374 g/mol. The van der Waals surface area contributed by atoms with Gasteiger partial charge in [-0.15, -0.1) is 0 Å². The van der Waals surface area contributed by atoms with Crippen LogP contribution in [0, 0.1) is 0 Å². The van der Waals surface area contributed by atoms with E-state index in [2.05, 4.69) is 96.0 Å². The minimum absolute atomic E-state index is 0.763. The Morgan fingerprint density at radius 1 is 0.778 bits per heavy atom. The van der Waals surface area contributed by atoms with E-state index in [0.717, 1.165) is 36.7 Å². The number of hydrogen-bond acceptors (Lipinski definition) is 1. The first-order valence-corrected chi connectivity index (χ1v) is 9.88. The van der Waals surface area contributed by atoms with Crippen molar-refractivity contribution in [1.29, 1.82) is 0 Å². The fourth-order valence-electron chi connectivity index (χ4n) is 2.99. The van der Waals surface area contributed by atoms with E-state index in [-0.39, 0.29) is 0 Å². The van der Waals surface area contributed by atoms with Crippen LogP contribution in [0.5, 0.6) is 0 Å². The maximum Gasteiger partial charge on any atom is 0.173 e. The van der Waals surface area contributed by atoms with Gasteiger partial charge in [-0.2, -0.15) is 0 Å². The molecule has 0 aromatic heterocycles. The Kier molecular flexibility index (Phi) is 7.00. The summed E-state index contributed by atoms with van der Waals surface area (Å²) in [4.78, 5) is 2.24. The molecular formula is C24H26N2S. The van der Waals surface area contributed by atoms with Crippen LogP contribution in [0.15, 0.2) is 84.9 Å². The van der Waals surface area contributed by atoms with Gasteiger partial charge < -0.3 is 10.2 Å². The van der Waals surface area contributed by atoms with E-state index in [0.29, 0.717) is 0 Å². The van der Waals surface area contributed by atoms with Gasteiger partial charge in [0.1, 0.15) is 0 Å². The second-order valence-corrected chi connectivity index (χ2v) is 7.01. The maximum atomic E-state index is 5.75. The van der Waals surface area contributed by atoms with Crippen LogP contribution in [0.1, 0.15) is 23.6 Å². The molecule has 0 atom stereocenters. The molecule has 1 N–H and O–H groups in total. The van der Waals surface area contributed by atoms with Crippen molar-refractivity contribution in [3.8, 4) is 0 Å². The quantitative estimate of drug-likeness (QED) is 0.535. The molecule has 0 bridgehead atoms. The van der Waals surface area contributed by atoms with Crippen molar-refractivity contribution < 1.29 is 0 Å². The van der Waals surface area contributed by atoms with Crippen molar-refractivity contribution >= 4 is 23.0 Å². The Labute approximate surface area is 167 Å². The highest BCUT2D eigenvalue weighted by Gasteiger charge is 2.11. The molecule has 3 heteroatoms. The molecule has 2 nitrogen and oxygen atoms in total. The zero-order valence-electron chi connectivity index (χ0n) is 15.8. The maximum absolute atomic E-state index is 5.75. The first-order valence-electron chi connectivity index (χ1n) is 9.47. The lowest BCUT2D eigenvalue weighted by Crippen LogP contribution is -2.35. The zero-order chi connectivity index (χ0) is 18.9. The second-order valence-electron chi connectivity index (χ2n) is 6.62. The normalized spacial score (nSPS) is 10.4. The van der Waals surface area contributed by atoms with Crippen LogP contribution in [0.2, 0.25) is 0 Å². The summed E-state index contributed by atoms with van der Waals surface area (Å²) < 4.78 is 0. The third kappa shape index (κ3) is 5.93. The molecule has 3 rings (SSSR count). The fraction of sp³-hybridized carbons (Fsp3) is 0.208. The molecule has 0 radical (unpaired) electrons. The van der Waals surface area contributed by atoms with Crippen LogP contribution in [0.3, 0.4) is 0 Å². The number of hydrogen-bond donors (Lipinski definition) is 1. The largest absolute Gasteiger partial charge is 0.344 e. The molecule has 3 aromatic rings. The van der Waals surface area contributed by atoms with Crippen LogP contribution in [-0.4, -0.2) is 16.6 Å². The Hall–Kier alpha value is -2.65. The number of anilines is 1. The van der Waals surface area contributed by atoms with Crippen LogP contribution < -0.4 is 5.32 Å². The molecule has 0 amide bonds. The highest BCUT2D eigenvalue weighted by atomic mass is 32.1. The molecule has 0 heterocycles. The van der Waals surface area contributed by atoms with E-state index in [9.17, 15) is 0 Å². The minimum atomic E-state index is 0.763. The molecule has 27 heavy (non-hydrogen) atoms. The lowest BCUT2D eigenvalue weighted by atomic mass is 10.1. The van der Waals surface area contributed by atoms with E-state index in [1.165, 1.54) is 16.7 Å². The smallest absolute Gasteiger partial charge is 0.173 e. The molecule has 0 spiro atoms. The Morgan fingerprint density at radius 2 is 1.37 bits per heavy atom. The summed E-state index contributed by atoms with van der Waals surface area (Å²) in [5.74, 6) is 0. The van der Waals surface area contributed by atoms with Gasteiger partial charge in [-0.05, 0) is 53.9 Å². The van der Waals surface area contributed by atoms with Crippen molar-refractivity contribution in [2.45, 2.75) is 26.3 Å². The van der Waals surface area contributed by atoms with Crippen LogP contribution in [0.25, 0.3) is 0 Å². The average Bonchev–Trinajstić information content (AvgIpc) is 2.73. The number of nitrogens with one attached hydrogen (secondary N) is 1. The standard InChI is InChI=1S/C24H26N2S/c1-2-20-13-15-23(16-14-20)25-24(27)26(19-22-11-7-4-8-12-22)18-17-21-9-5-3-6-10-21/h3-16H,2,17-19H2,1H3,(H,25,27). The third-order valence-electron chi connectivity index (χ3n) is 4.63. The van der Waals surface area contributed by atoms with Gasteiger partial charge in [-0.25, -0.2) is 0 Å². The minimum Gasteiger partial charge on any atom is -0.344 e. The molecule has 0 fully saturated rings. The molecule has 0 aliphatic carbocycles. The van der Waals surface area contributed by atoms with E-state index in [1.807, 2.05) is 6.07 Å². The number of aryl methyl sites for hydroxylation is 1. The molecule has 0 saturated heterocycles. The lowest BCUT2D eigenvalue weighted by molar-refractivity contribution is 0.423. The summed E-state index contributed by atoms with van der Waals surface area (Å²) in [7, 11) is 0. The highest BCUT2D eigenvalue weighted by Crippen LogP contribution is 2.13. The van der Waals surface area contributed by atoms with Gasteiger partial charge in [-0.1, -0.05) is 79.7 Å². The number of rotatable bonds is 7. The second kappa shape index (κ2) is 9.89. The first-order chi connectivity index (χ1) is 13.2. The number of thiocarbonyl (C=S) groups is 1. The topological polar surface area (TPSA) is 15.3 Å². The molecule has 0 aliphatic rings. The van der Waals surface area contributed by atoms with Crippen LogP contribution >= 0.6 is 12.2 Å². The number of nitrogens with zero attached hydrogens (tertiary/aromatic N) is 1. The Balaban J connectivity index is 1.69. The summed E-state index contributed by atoms with van der Waals surface area (Å²) in [6.45, 7) is 3.84. The fourth-order valence-corrected chi connectivity index (χ4v) is 3.26. The van der Waals surface area contributed by atoms with Gasteiger partial charge in [0.05, 0.1) is 0 Å². The van der Waals surface area contributed by atoms with E-state index in [1.54, 1.807) is 0 Å². The van der Waals surface area contributed by atoms with Gasteiger partial charge in [-0.3, -0.25) is 0 Å². The van der Waals surface area contributed by atoms with E-state index in [4.69, 9.17) is 12.2 Å². The Bertz CT molecular complexity index is 829. The van der Waals surface area contributed by atoms with Gasteiger partial charge in [0.2, 0.25) is 0 Å². The van der Waals surface area contributed by atoms with Crippen molar-refractivity contribution in [3.63, 3.8) is 0 Å². The summed E-state index contributed by atoms with van der Waals surface area (Å²) in [6.07, 6.45) is 2.01. The van der Waals surface area contributed by atoms with Crippen molar-refractivity contribution in [3.05, 3.63) is 102 Å². The van der Waals surface area contributed by atoms with Crippen molar-refractivity contribution in [2.75, 3.05) is 11.9 Å². The average molecular weight is 375 g/mol. The predicted molar refractivity (Wildman–Crippen MR) is 119 cm³/mol. The van der Waals surface area contributed by atoms with Gasteiger partial charge >= 0.3 is 0 Å². The SMILES string of the molecule is CCc1ccc(NC(=S)N(CCc2ccccc2)Cc2ccccc2)cc1. The van der Waals surface area contributed by atoms with Crippen LogP contribution in [0.4, 0.5) is 5.69 Å². The van der Waals surface area contributed by atoms with Crippen LogP contribution in [-0.2, 0) is 19.4 Å². The van der Waals surface area contributed by atoms with Crippen molar-refractivity contribution in [2.24, 2.45) is 0 Å². The molecule has 0 saturated carbocycles. The van der Waals surface area contributed by atoms with Gasteiger partial charge in [0.25, 0.3) is 0 Å². The van der Waals surface area contributed by atoms with E-state index < -0.39 is 0 Å². The summed E-state index contributed by atoms with van der Waals surface area (Å²) in [5, 5.41) is 4.17. The molecule has 0 unspecified atom stereocenters. The molecule has 3 aromatic carbocycles. The lowest BCUT2D eigenvalue weighted by Gasteiger charge is -2.26. The summed E-state index contributed by atoms with van der Waals surface area (Å²) in [6, 6.07) is 29.5. The highest BCUT2D eigenvalue weighted by molar-refractivity contribution is 7.80. The number of benzene rings is 3. The summed E-state index contributed by atoms with van der Waals surface area (Å²) >= 11 is 5.75.